The number of aliphatic hydroxyl groups is 1. The van der Waals surface area contributed by atoms with Gasteiger partial charge in [0.1, 0.15) is 5.75 Å². The SMILES string of the molecule is C=CCS(=O)(=O)NC(=O)c1ccc2c(c1)N(C[C@@H]1CC[C@H]1[C@H]1C[C@@](O)(C=C)CCO1)CC1(CCCc3cc(Cl)ccc31)CO2. The van der Waals surface area contributed by atoms with Gasteiger partial charge in [0.15, 0.2) is 0 Å². The van der Waals surface area contributed by atoms with Gasteiger partial charge in [-0.05, 0) is 85.4 Å². The van der Waals surface area contributed by atoms with Gasteiger partial charge in [-0.1, -0.05) is 29.8 Å². The van der Waals surface area contributed by atoms with Crippen molar-refractivity contribution in [1.29, 1.82) is 0 Å². The Morgan fingerprint density at radius 2 is 2.02 bits per heavy atom. The van der Waals surface area contributed by atoms with E-state index in [1.807, 2.05) is 6.07 Å². The molecule has 1 amide bonds. The van der Waals surface area contributed by atoms with Crippen molar-refractivity contribution in [1.82, 2.24) is 4.72 Å². The van der Waals surface area contributed by atoms with Crippen LogP contribution in [0, 0.1) is 11.8 Å². The first-order chi connectivity index (χ1) is 21.0. The average Bonchev–Trinajstić information content (AvgIpc) is 3.12. The van der Waals surface area contributed by atoms with Crippen molar-refractivity contribution < 1.29 is 27.8 Å². The molecular weight excluding hydrogens is 600 g/mol. The summed E-state index contributed by atoms with van der Waals surface area (Å²) in [6.07, 6.45) is 8.92. The second-order valence-electron chi connectivity index (χ2n) is 13.0. The van der Waals surface area contributed by atoms with Crippen molar-refractivity contribution in [3.63, 3.8) is 0 Å². The van der Waals surface area contributed by atoms with Crippen molar-refractivity contribution in [3.05, 3.63) is 83.4 Å². The molecular formula is C34H41ClN2O6S. The van der Waals surface area contributed by atoms with Crippen LogP contribution in [0.25, 0.3) is 0 Å². The minimum Gasteiger partial charge on any atom is -0.490 e. The number of sulfonamides is 1. The molecule has 8 nitrogen and oxygen atoms in total. The molecule has 1 saturated carbocycles. The molecule has 2 aliphatic carbocycles. The van der Waals surface area contributed by atoms with Gasteiger partial charge in [0.05, 0.1) is 36.4 Å². The Hall–Kier alpha value is -2.85. The third-order valence-electron chi connectivity index (χ3n) is 10.1. The minimum atomic E-state index is -3.84. The topological polar surface area (TPSA) is 105 Å². The number of nitrogens with zero attached hydrogens (tertiary/aromatic N) is 1. The van der Waals surface area contributed by atoms with Crippen LogP contribution in [0.1, 0.15) is 60.0 Å². The zero-order valence-electron chi connectivity index (χ0n) is 25.0. The van der Waals surface area contributed by atoms with Crippen molar-refractivity contribution in [3.8, 4) is 5.75 Å². The van der Waals surface area contributed by atoms with E-state index in [0.29, 0.717) is 50.2 Å². The summed E-state index contributed by atoms with van der Waals surface area (Å²) < 4.78 is 39.6. The molecule has 2 fully saturated rings. The first-order valence-corrected chi connectivity index (χ1v) is 17.5. The Balaban J connectivity index is 1.34. The van der Waals surface area contributed by atoms with Crippen LogP contribution in [0.5, 0.6) is 5.75 Å². The monoisotopic (exact) mass is 640 g/mol. The fourth-order valence-electron chi connectivity index (χ4n) is 7.60. The molecule has 10 heteroatoms. The number of amides is 1. The van der Waals surface area contributed by atoms with Crippen LogP contribution < -0.4 is 14.4 Å². The fourth-order valence-corrected chi connectivity index (χ4v) is 8.59. The van der Waals surface area contributed by atoms with E-state index >= 15 is 0 Å². The summed E-state index contributed by atoms with van der Waals surface area (Å²) in [6.45, 7) is 9.72. The maximum absolute atomic E-state index is 13.1. The summed E-state index contributed by atoms with van der Waals surface area (Å²) in [4.78, 5) is 15.4. The number of benzene rings is 2. The molecule has 4 aliphatic rings. The van der Waals surface area contributed by atoms with E-state index in [9.17, 15) is 18.3 Å². The number of aryl methyl sites for hydroxylation is 1. The highest BCUT2D eigenvalue weighted by Gasteiger charge is 2.46. The van der Waals surface area contributed by atoms with Gasteiger partial charge in [0.25, 0.3) is 5.91 Å². The third kappa shape index (κ3) is 6.16. The number of hydrogen-bond donors (Lipinski definition) is 2. The minimum absolute atomic E-state index is 0.0492. The number of anilines is 1. The number of carbonyl (C=O) groups excluding carboxylic acids is 1. The third-order valence-corrected chi connectivity index (χ3v) is 11.5. The van der Waals surface area contributed by atoms with Crippen LogP contribution in [-0.2, 0) is 26.6 Å². The van der Waals surface area contributed by atoms with E-state index in [4.69, 9.17) is 21.1 Å². The van der Waals surface area contributed by atoms with Crippen LogP contribution in [0.3, 0.4) is 0 Å². The summed E-state index contributed by atoms with van der Waals surface area (Å²) in [6, 6.07) is 11.3. The van der Waals surface area contributed by atoms with Crippen molar-refractivity contribution in [2.45, 2.75) is 62.1 Å². The fraction of sp³-hybridized carbons (Fsp3) is 0.500. The molecule has 1 unspecified atom stereocenters. The molecule has 0 aromatic heterocycles. The number of fused-ring (bicyclic) bond motifs is 3. The molecule has 2 aromatic rings. The first kappa shape index (κ1) is 31.1. The van der Waals surface area contributed by atoms with E-state index in [1.165, 1.54) is 17.2 Å². The normalized spacial score (nSPS) is 29.8. The van der Waals surface area contributed by atoms with Gasteiger partial charge >= 0.3 is 0 Å². The number of carbonyl (C=O) groups is 1. The molecule has 236 valence electrons. The summed E-state index contributed by atoms with van der Waals surface area (Å²) >= 11 is 6.40. The molecule has 2 N–H and O–H groups in total. The lowest BCUT2D eigenvalue weighted by molar-refractivity contribution is -0.125. The predicted octanol–water partition coefficient (Wildman–Crippen LogP) is 5.18. The Bertz CT molecular complexity index is 1560. The van der Waals surface area contributed by atoms with Gasteiger partial charge in [-0.3, -0.25) is 4.79 Å². The van der Waals surface area contributed by atoms with Crippen LogP contribution in [0.2, 0.25) is 5.02 Å². The maximum Gasteiger partial charge on any atom is 0.264 e. The highest BCUT2D eigenvalue weighted by atomic mass is 35.5. The van der Waals surface area contributed by atoms with Crippen LogP contribution in [0.15, 0.2) is 61.7 Å². The molecule has 0 radical (unpaired) electrons. The van der Waals surface area contributed by atoms with Gasteiger partial charge in [-0.25, -0.2) is 13.1 Å². The van der Waals surface area contributed by atoms with Crippen LogP contribution >= 0.6 is 11.6 Å². The Morgan fingerprint density at radius 1 is 1.18 bits per heavy atom. The Kier molecular flexibility index (Phi) is 8.60. The van der Waals surface area contributed by atoms with E-state index < -0.39 is 21.5 Å². The second kappa shape index (κ2) is 12.2. The predicted molar refractivity (Wildman–Crippen MR) is 172 cm³/mol. The highest BCUT2D eigenvalue weighted by molar-refractivity contribution is 7.90. The Labute approximate surface area is 265 Å². The molecule has 2 aliphatic heterocycles. The highest BCUT2D eigenvalue weighted by Crippen LogP contribution is 2.48. The number of rotatable bonds is 8. The largest absolute Gasteiger partial charge is 0.490 e. The molecule has 5 atom stereocenters. The van der Waals surface area contributed by atoms with Crippen molar-refractivity contribution in [2.24, 2.45) is 11.8 Å². The molecule has 2 aromatic carbocycles. The lowest BCUT2D eigenvalue weighted by Gasteiger charge is -2.48. The van der Waals surface area contributed by atoms with Crippen molar-refractivity contribution in [2.75, 3.05) is 37.0 Å². The summed E-state index contributed by atoms with van der Waals surface area (Å²) in [5.74, 6) is 0.233. The number of halogens is 1. The Morgan fingerprint density at radius 3 is 2.77 bits per heavy atom. The molecule has 1 saturated heterocycles. The maximum atomic E-state index is 13.1. The van der Waals surface area contributed by atoms with E-state index in [-0.39, 0.29) is 22.8 Å². The second-order valence-corrected chi connectivity index (χ2v) is 15.2. The number of hydrogen-bond acceptors (Lipinski definition) is 7. The molecule has 6 rings (SSSR count). The van der Waals surface area contributed by atoms with E-state index in [0.717, 1.165) is 49.4 Å². The summed E-state index contributed by atoms with van der Waals surface area (Å²) in [5.41, 5.74) is 2.32. The molecule has 44 heavy (non-hydrogen) atoms. The quantitative estimate of drug-likeness (QED) is 0.383. The van der Waals surface area contributed by atoms with E-state index in [2.05, 4.69) is 34.9 Å². The van der Waals surface area contributed by atoms with Crippen LogP contribution in [0.4, 0.5) is 5.69 Å². The lowest BCUT2D eigenvalue weighted by Crippen LogP contribution is -2.52. The summed E-state index contributed by atoms with van der Waals surface area (Å²) in [5, 5.41) is 11.7. The average molecular weight is 641 g/mol. The molecule has 0 bridgehead atoms. The van der Waals surface area contributed by atoms with Crippen molar-refractivity contribution >= 4 is 33.2 Å². The number of nitrogens with one attached hydrogen (secondary N) is 1. The van der Waals surface area contributed by atoms with E-state index in [1.54, 1.807) is 24.3 Å². The first-order valence-electron chi connectivity index (χ1n) is 15.5. The van der Waals surface area contributed by atoms with Gasteiger partial charge in [-0.15, -0.1) is 13.2 Å². The lowest BCUT2D eigenvalue weighted by atomic mass is 9.67. The zero-order valence-corrected chi connectivity index (χ0v) is 26.5. The zero-order chi connectivity index (χ0) is 31.1. The van der Waals surface area contributed by atoms with Crippen LogP contribution in [-0.4, -0.2) is 63.2 Å². The number of ether oxygens (including phenoxy) is 2. The van der Waals surface area contributed by atoms with Gasteiger partial charge < -0.3 is 19.5 Å². The smallest absolute Gasteiger partial charge is 0.264 e. The molecule has 2 heterocycles. The standard InChI is InChI=1S/C34H41ClN2O6S/c1-3-16-44(40,41)36-32(38)24-8-12-30-29(18-24)37(20-25-7-10-27(25)31-19-34(39,4-2)14-15-42-31)21-33(22-43-30)13-5-6-23-17-26(35)9-11-28(23)33/h3-4,8-9,11-12,17-18,25,27,31,39H,1-2,5-7,10,13-16,19-22H2,(H,36,38)/t25-,27+,31+,33?,34+/m0/s1. The molecule has 1 spiro atoms. The van der Waals surface area contributed by atoms with Gasteiger partial charge in [0, 0.05) is 41.9 Å². The van der Waals surface area contributed by atoms with Gasteiger partial charge in [-0.2, -0.15) is 0 Å². The van der Waals surface area contributed by atoms with Gasteiger partial charge in [0.2, 0.25) is 10.0 Å². The summed E-state index contributed by atoms with van der Waals surface area (Å²) in [7, 11) is -3.84.